The van der Waals surface area contributed by atoms with Crippen LogP contribution in [0.3, 0.4) is 0 Å². The Kier molecular flexibility index (Phi) is 9.08. The number of aromatic nitrogens is 1. The topological polar surface area (TPSA) is 132 Å². The summed E-state index contributed by atoms with van der Waals surface area (Å²) in [5, 5.41) is 19.0. The molecule has 0 radical (unpaired) electrons. The molecule has 2 aromatic rings. The molecule has 1 aromatic carbocycles. The van der Waals surface area contributed by atoms with Crippen molar-refractivity contribution < 1.29 is 37.1 Å². The van der Waals surface area contributed by atoms with Gasteiger partial charge < -0.3 is 26.4 Å². The molecule has 3 rings (SSSR count). The first-order valence-corrected chi connectivity index (χ1v) is 9.62. The van der Waals surface area contributed by atoms with E-state index in [1.54, 1.807) is 6.07 Å². The van der Waals surface area contributed by atoms with Gasteiger partial charge in [0.05, 0.1) is 22.3 Å². The lowest BCUT2D eigenvalue weighted by atomic mass is 10.1. The molecule has 178 valence electrons. The van der Waals surface area contributed by atoms with Crippen LogP contribution in [-0.2, 0) is 9.59 Å². The van der Waals surface area contributed by atoms with Crippen LogP contribution in [0.5, 0.6) is 0 Å². The third-order valence-electron chi connectivity index (χ3n) is 4.05. The molecule has 0 bridgehead atoms. The van der Waals surface area contributed by atoms with Gasteiger partial charge in [-0.1, -0.05) is 11.6 Å². The summed E-state index contributed by atoms with van der Waals surface area (Å²) in [5.41, 5.74) is 0.217. The van der Waals surface area contributed by atoms with Crippen LogP contribution in [0.4, 0.5) is 29.1 Å². The molecule has 33 heavy (non-hydrogen) atoms. The minimum absolute atomic E-state index is 0.00105. The molecule has 9 nitrogen and oxygen atoms in total. The minimum atomic E-state index is -5.08. The first-order valence-electron chi connectivity index (χ1n) is 9.25. The summed E-state index contributed by atoms with van der Waals surface area (Å²) in [6.45, 7) is 1.92. The number of nitrogens with one attached hydrogen (secondary N) is 4. The van der Waals surface area contributed by atoms with Gasteiger partial charge in [-0.05, 0) is 30.3 Å². The zero-order valence-electron chi connectivity index (χ0n) is 16.7. The standard InChI is InChI=1S/C17H17ClFN5O2.C2HF3O2/c18-10-1-4-15(22-8-10)24-16(25)12-7-11(19)2-3-13(12)23-17(26)14-9-20-5-6-21-14;3-2(4,5)1(6)7/h1-4,7-8,14,20-21H,5-6,9H2,(H,23,26)(H,22,24,25);(H,6,7). The summed E-state index contributed by atoms with van der Waals surface area (Å²) in [4.78, 5) is 37.7. The number of amides is 2. The Morgan fingerprint density at radius 3 is 2.36 bits per heavy atom. The van der Waals surface area contributed by atoms with E-state index in [0.29, 0.717) is 18.1 Å². The Hall–Kier alpha value is -3.29. The molecule has 0 spiro atoms. The van der Waals surface area contributed by atoms with Gasteiger partial charge in [0.15, 0.2) is 0 Å². The van der Waals surface area contributed by atoms with Crippen LogP contribution in [0.2, 0.25) is 5.02 Å². The summed E-state index contributed by atoms with van der Waals surface area (Å²) in [6.07, 6.45) is -3.70. The molecule has 1 atom stereocenters. The molecule has 5 N–H and O–H groups in total. The average molecular weight is 492 g/mol. The first kappa shape index (κ1) is 26.0. The summed E-state index contributed by atoms with van der Waals surface area (Å²) in [7, 11) is 0. The fourth-order valence-electron chi connectivity index (χ4n) is 2.51. The molecule has 1 aliphatic heterocycles. The summed E-state index contributed by atoms with van der Waals surface area (Å²) in [5.74, 6) is -3.98. The molecule has 0 saturated carbocycles. The molecule has 1 saturated heterocycles. The van der Waals surface area contributed by atoms with Crippen LogP contribution >= 0.6 is 11.6 Å². The molecular weight excluding hydrogens is 474 g/mol. The van der Waals surface area contributed by atoms with E-state index in [-0.39, 0.29) is 23.0 Å². The molecule has 1 fully saturated rings. The highest BCUT2D eigenvalue weighted by atomic mass is 35.5. The van der Waals surface area contributed by atoms with E-state index < -0.39 is 29.9 Å². The number of carboxylic acids is 1. The molecule has 2 amide bonds. The zero-order chi connectivity index (χ0) is 24.6. The van der Waals surface area contributed by atoms with Crippen LogP contribution in [0.15, 0.2) is 36.5 Å². The Morgan fingerprint density at radius 2 is 1.82 bits per heavy atom. The molecule has 1 aromatic heterocycles. The molecule has 0 aliphatic carbocycles. The van der Waals surface area contributed by atoms with Crippen molar-refractivity contribution in [2.45, 2.75) is 12.2 Å². The maximum atomic E-state index is 13.6. The van der Waals surface area contributed by atoms with Gasteiger partial charge in [-0.2, -0.15) is 13.2 Å². The Bertz CT molecular complexity index is 999. The number of carboxylic acid groups (broad SMARTS) is 1. The van der Waals surface area contributed by atoms with Crippen molar-refractivity contribution in [3.63, 3.8) is 0 Å². The Morgan fingerprint density at radius 1 is 1.12 bits per heavy atom. The summed E-state index contributed by atoms with van der Waals surface area (Å²) < 4.78 is 45.4. The molecule has 14 heteroatoms. The molecule has 2 heterocycles. The second kappa shape index (κ2) is 11.5. The van der Waals surface area contributed by atoms with Gasteiger partial charge >= 0.3 is 12.1 Å². The predicted molar refractivity (Wildman–Crippen MR) is 111 cm³/mol. The number of benzene rings is 1. The zero-order valence-corrected chi connectivity index (χ0v) is 17.4. The lowest BCUT2D eigenvalue weighted by molar-refractivity contribution is -0.192. The lowest BCUT2D eigenvalue weighted by Gasteiger charge is -2.24. The number of hydrogen-bond acceptors (Lipinski definition) is 6. The first-order chi connectivity index (χ1) is 15.5. The van der Waals surface area contributed by atoms with Crippen LogP contribution in [0.1, 0.15) is 10.4 Å². The van der Waals surface area contributed by atoms with E-state index in [1.807, 2.05) is 0 Å². The molecular formula is C19H18ClF4N5O4. The highest BCUT2D eigenvalue weighted by molar-refractivity contribution is 6.30. The van der Waals surface area contributed by atoms with Crippen LogP contribution in [0.25, 0.3) is 0 Å². The van der Waals surface area contributed by atoms with Gasteiger partial charge in [-0.3, -0.25) is 9.59 Å². The second-order valence-electron chi connectivity index (χ2n) is 6.51. The Balaban J connectivity index is 0.000000479. The number of halogens is 5. The van der Waals surface area contributed by atoms with Crippen molar-refractivity contribution in [3.8, 4) is 0 Å². The van der Waals surface area contributed by atoms with Gasteiger partial charge in [0, 0.05) is 25.8 Å². The summed E-state index contributed by atoms with van der Waals surface area (Å²) >= 11 is 5.76. The lowest BCUT2D eigenvalue weighted by Crippen LogP contribution is -2.54. The third-order valence-corrected chi connectivity index (χ3v) is 4.28. The van der Waals surface area contributed by atoms with E-state index in [4.69, 9.17) is 21.5 Å². The van der Waals surface area contributed by atoms with Crippen molar-refractivity contribution in [2.24, 2.45) is 0 Å². The van der Waals surface area contributed by atoms with Gasteiger partial charge in [0.25, 0.3) is 5.91 Å². The Labute approximate surface area is 189 Å². The largest absolute Gasteiger partial charge is 0.490 e. The number of rotatable bonds is 4. The summed E-state index contributed by atoms with van der Waals surface area (Å²) in [6, 6.07) is 6.26. The van der Waals surface area contributed by atoms with Crippen molar-refractivity contribution >= 4 is 40.9 Å². The van der Waals surface area contributed by atoms with E-state index in [2.05, 4.69) is 26.3 Å². The number of hydrogen-bond donors (Lipinski definition) is 5. The highest BCUT2D eigenvalue weighted by Gasteiger charge is 2.38. The van der Waals surface area contributed by atoms with Crippen molar-refractivity contribution in [3.05, 3.63) is 52.9 Å². The highest BCUT2D eigenvalue weighted by Crippen LogP contribution is 2.20. The number of carbonyl (C=O) groups is 3. The van der Waals surface area contributed by atoms with Gasteiger partial charge in [0.2, 0.25) is 5.91 Å². The third kappa shape index (κ3) is 8.29. The van der Waals surface area contributed by atoms with Crippen molar-refractivity contribution in [1.29, 1.82) is 0 Å². The second-order valence-corrected chi connectivity index (χ2v) is 6.95. The quantitative estimate of drug-likeness (QED) is 0.414. The van der Waals surface area contributed by atoms with Crippen LogP contribution < -0.4 is 21.3 Å². The van der Waals surface area contributed by atoms with Crippen molar-refractivity contribution in [1.82, 2.24) is 15.6 Å². The van der Waals surface area contributed by atoms with Gasteiger partial charge in [-0.25, -0.2) is 14.2 Å². The maximum Gasteiger partial charge on any atom is 0.490 e. The number of nitrogens with zero attached hydrogens (tertiary/aromatic N) is 1. The van der Waals surface area contributed by atoms with E-state index in [1.165, 1.54) is 24.4 Å². The van der Waals surface area contributed by atoms with Gasteiger partial charge in [0.1, 0.15) is 11.6 Å². The van der Waals surface area contributed by atoms with E-state index in [0.717, 1.165) is 12.6 Å². The van der Waals surface area contributed by atoms with E-state index >= 15 is 0 Å². The minimum Gasteiger partial charge on any atom is -0.475 e. The van der Waals surface area contributed by atoms with Gasteiger partial charge in [-0.15, -0.1) is 0 Å². The number of alkyl halides is 3. The SMILES string of the molecule is O=C(Nc1ccc(Cl)cn1)c1cc(F)ccc1NC(=O)C1CNCCN1.O=C(O)C(F)(F)F. The number of piperazine rings is 1. The predicted octanol–water partition coefficient (Wildman–Crippen LogP) is 2.26. The number of pyridine rings is 1. The monoisotopic (exact) mass is 491 g/mol. The molecule has 1 unspecified atom stereocenters. The number of anilines is 2. The smallest absolute Gasteiger partial charge is 0.475 e. The maximum absolute atomic E-state index is 13.6. The number of carbonyl (C=O) groups excluding carboxylic acids is 2. The normalized spacial score (nSPS) is 15.6. The number of aliphatic carboxylic acids is 1. The fraction of sp³-hybridized carbons (Fsp3) is 0.263. The van der Waals surface area contributed by atoms with Crippen molar-refractivity contribution in [2.75, 3.05) is 30.3 Å². The average Bonchev–Trinajstić information content (AvgIpc) is 2.77. The molecule has 1 aliphatic rings. The van der Waals surface area contributed by atoms with Crippen LogP contribution in [-0.4, -0.2) is 59.7 Å². The van der Waals surface area contributed by atoms with E-state index in [9.17, 15) is 27.2 Å². The van der Waals surface area contributed by atoms with Crippen LogP contribution in [0, 0.1) is 5.82 Å². The fourth-order valence-corrected chi connectivity index (χ4v) is 2.62.